The molecule has 24 heavy (non-hydrogen) atoms. The quantitative estimate of drug-likeness (QED) is 0.719. The molecule has 3 aromatic heterocycles. The zero-order valence-electron chi connectivity index (χ0n) is 13.8. The highest BCUT2D eigenvalue weighted by molar-refractivity contribution is 7.11. The van der Waals surface area contributed by atoms with E-state index in [2.05, 4.69) is 24.0 Å². The fraction of sp³-hybridized carbons (Fsp3) is 0.412. The Hall–Kier alpha value is -2.28. The Bertz CT molecular complexity index is 880. The van der Waals surface area contributed by atoms with Crippen LogP contribution in [-0.2, 0) is 0 Å². The molecule has 4 heterocycles. The number of aryl methyl sites for hydroxylation is 2. The van der Waals surface area contributed by atoms with Gasteiger partial charge in [0.05, 0.1) is 16.3 Å². The lowest BCUT2D eigenvalue weighted by Gasteiger charge is -2.32. The summed E-state index contributed by atoms with van der Waals surface area (Å²) in [4.78, 5) is 20.8. The highest BCUT2D eigenvalue weighted by Gasteiger charge is 2.27. The van der Waals surface area contributed by atoms with Crippen molar-refractivity contribution in [1.82, 2.24) is 24.5 Å². The van der Waals surface area contributed by atoms with Crippen LogP contribution in [-0.4, -0.2) is 43.5 Å². The van der Waals surface area contributed by atoms with Gasteiger partial charge in [-0.2, -0.15) is 0 Å². The second-order valence-electron chi connectivity index (χ2n) is 6.30. The van der Waals surface area contributed by atoms with Crippen LogP contribution in [0.4, 0.5) is 0 Å². The van der Waals surface area contributed by atoms with Gasteiger partial charge in [0, 0.05) is 30.1 Å². The molecule has 0 radical (unpaired) electrons. The van der Waals surface area contributed by atoms with Crippen molar-refractivity contribution in [3.63, 3.8) is 0 Å². The van der Waals surface area contributed by atoms with E-state index in [4.69, 9.17) is 4.98 Å². The standard InChI is InChI=1S/C17H19N5OS/c1-11-12(2)24-16(19-11)13-4-3-7-21(8-13)17(23)14-5-6-15-20-18-10-22(15)9-14/h5-6,9-10,13H,3-4,7-8H2,1-2H3. The summed E-state index contributed by atoms with van der Waals surface area (Å²) in [6.07, 6.45) is 5.54. The molecule has 1 atom stereocenters. The predicted molar refractivity (Wildman–Crippen MR) is 92.5 cm³/mol. The summed E-state index contributed by atoms with van der Waals surface area (Å²) in [7, 11) is 0. The first-order valence-electron chi connectivity index (χ1n) is 8.14. The zero-order chi connectivity index (χ0) is 16.7. The second kappa shape index (κ2) is 5.98. The van der Waals surface area contributed by atoms with Crippen molar-refractivity contribution in [3.8, 4) is 0 Å². The third-order valence-electron chi connectivity index (χ3n) is 4.64. The average molecular weight is 341 g/mol. The molecular weight excluding hydrogens is 322 g/mol. The smallest absolute Gasteiger partial charge is 0.255 e. The van der Waals surface area contributed by atoms with Crippen molar-refractivity contribution in [3.05, 3.63) is 45.8 Å². The van der Waals surface area contributed by atoms with Crippen molar-refractivity contribution in [2.24, 2.45) is 0 Å². The van der Waals surface area contributed by atoms with Crippen LogP contribution >= 0.6 is 11.3 Å². The van der Waals surface area contributed by atoms with E-state index >= 15 is 0 Å². The number of pyridine rings is 1. The molecule has 0 aliphatic carbocycles. The number of amides is 1. The molecule has 7 heteroatoms. The lowest BCUT2D eigenvalue weighted by molar-refractivity contribution is 0.0706. The normalized spacial score (nSPS) is 18.2. The van der Waals surface area contributed by atoms with Crippen LogP contribution in [0.5, 0.6) is 0 Å². The molecule has 4 rings (SSSR count). The first kappa shape index (κ1) is 15.3. The first-order valence-corrected chi connectivity index (χ1v) is 8.96. The van der Waals surface area contributed by atoms with E-state index < -0.39 is 0 Å². The maximum Gasteiger partial charge on any atom is 0.255 e. The van der Waals surface area contributed by atoms with Gasteiger partial charge < -0.3 is 4.90 Å². The third kappa shape index (κ3) is 2.69. The number of carbonyl (C=O) groups is 1. The Kier molecular flexibility index (Phi) is 3.80. The number of thiazole rings is 1. The molecule has 1 amide bonds. The minimum atomic E-state index is 0.0697. The van der Waals surface area contributed by atoms with Crippen LogP contribution in [0, 0.1) is 13.8 Å². The Morgan fingerprint density at radius 1 is 1.33 bits per heavy atom. The number of aromatic nitrogens is 4. The zero-order valence-corrected chi connectivity index (χ0v) is 14.6. The summed E-state index contributed by atoms with van der Waals surface area (Å²) in [6, 6.07) is 3.66. The molecule has 0 bridgehead atoms. The Morgan fingerprint density at radius 2 is 2.21 bits per heavy atom. The van der Waals surface area contributed by atoms with Crippen LogP contribution < -0.4 is 0 Å². The molecule has 1 aliphatic heterocycles. The van der Waals surface area contributed by atoms with Crippen LogP contribution in [0.25, 0.3) is 5.65 Å². The fourth-order valence-electron chi connectivity index (χ4n) is 3.17. The summed E-state index contributed by atoms with van der Waals surface area (Å²) in [5.74, 6) is 0.416. The van der Waals surface area contributed by atoms with Crippen molar-refractivity contribution < 1.29 is 4.79 Å². The molecular formula is C17H19N5OS. The molecule has 1 saturated heterocycles. The number of fused-ring (bicyclic) bond motifs is 1. The highest BCUT2D eigenvalue weighted by Crippen LogP contribution is 2.31. The number of nitrogens with zero attached hydrogens (tertiary/aromatic N) is 5. The van der Waals surface area contributed by atoms with Crippen molar-refractivity contribution in [2.75, 3.05) is 13.1 Å². The molecule has 124 valence electrons. The van der Waals surface area contributed by atoms with Gasteiger partial charge in [-0.1, -0.05) is 0 Å². The first-order chi connectivity index (χ1) is 11.6. The lowest BCUT2D eigenvalue weighted by Crippen LogP contribution is -2.39. The van der Waals surface area contributed by atoms with Crippen LogP contribution in [0.2, 0.25) is 0 Å². The van der Waals surface area contributed by atoms with Gasteiger partial charge in [0.15, 0.2) is 5.65 Å². The summed E-state index contributed by atoms with van der Waals surface area (Å²) >= 11 is 1.76. The van der Waals surface area contributed by atoms with Gasteiger partial charge in [-0.05, 0) is 38.8 Å². The maximum atomic E-state index is 12.9. The van der Waals surface area contributed by atoms with E-state index in [-0.39, 0.29) is 5.91 Å². The molecule has 0 spiro atoms. The number of piperidine rings is 1. The molecule has 1 aliphatic rings. The summed E-state index contributed by atoms with van der Waals surface area (Å²) in [6.45, 7) is 5.70. The van der Waals surface area contributed by atoms with E-state index in [1.807, 2.05) is 17.0 Å². The van der Waals surface area contributed by atoms with Gasteiger partial charge in [0.1, 0.15) is 6.33 Å². The maximum absolute atomic E-state index is 12.9. The van der Waals surface area contributed by atoms with Crippen molar-refractivity contribution in [2.45, 2.75) is 32.6 Å². The number of carbonyl (C=O) groups excluding carboxylic acids is 1. The van der Waals surface area contributed by atoms with Crippen LogP contribution in [0.15, 0.2) is 24.7 Å². The van der Waals surface area contributed by atoms with E-state index in [0.717, 1.165) is 42.3 Å². The van der Waals surface area contributed by atoms with Gasteiger partial charge in [-0.25, -0.2) is 4.98 Å². The number of likely N-dealkylation sites (tertiary alicyclic amines) is 1. The third-order valence-corrected chi connectivity index (χ3v) is 5.88. The topological polar surface area (TPSA) is 63.4 Å². The van der Waals surface area contributed by atoms with Gasteiger partial charge >= 0.3 is 0 Å². The number of rotatable bonds is 2. The SMILES string of the molecule is Cc1nc(C2CCCN(C(=O)c3ccc4nncn4c3)C2)sc1C. The molecule has 0 aromatic carbocycles. The molecule has 0 N–H and O–H groups in total. The lowest BCUT2D eigenvalue weighted by atomic mass is 9.98. The number of hydrogen-bond donors (Lipinski definition) is 0. The van der Waals surface area contributed by atoms with Gasteiger partial charge in [-0.3, -0.25) is 9.20 Å². The van der Waals surface area contributed by atoms with Gasteiger partial charge in [-0.15, -0.1) is 21.5 Å². The number of hydrogen-bond acceptors (Lipinski definition) is 5. The van der Waals surface area contributed by atoms with Crippen molar-refractivity contribution >= 4 is 22.9 Å². The molecule has 3 aromatic rings. The van der Waals surface area contributed by atoms with Gasteiger partial charge in [0.25, 0.3) is 5.91 Å². The Labute approximate surface area is 144 Å². The van der Waals surface area contributed by atoms with Gasteiger partial charge in [0.2, 0.25) is 0 Å². The summed E-state index contributed by atoms with van der Waals surface area (Å²) in [5, 5.41) is 9.00. The van der Waals surface area contributed by atoms with Crippen LogP contribution in [0.3, 0.4) is 0 Å². The predicted octanol–water partition coefficient (Wildman–Crippen LogP) is 2.82. The minimum absolute atomic E-state index is 0.0697. The van der Waals surface area contributed by atoms with E-state index in [9.17, 15) is 4.79 Å². The Balaban J connectivity index is 1.55. The van der Waals surface area contributed by atoms with Crippen molar-refractivity contribution in [1.29, 1.82) is 0 Å². The monoisotopic (exact) mass is 341 g/mol. The van der Waals surface area contributed by atoms with E-state index in [1.54, 1.807) is 28.3 Å². The largest absolute Gasteiger partial charge is 0.338 e. The van der Waals surface area contributed by atoms with Crippen LogP contribution in [0.1, 0.15) is 44.7 Å². The Morgan fingerprint density at radius 3 is 3.00 bits per heavy atom. The second-order valence-corrected chi connectivity index (χ2v) is 7.53. The van der Waals surface area contributed by atoms with E-state index in [0.29, 0.717) is 11.5 Å². The molecule has 6 nitrogen and oxygen atoms in total. The molecule has 0 saturated carbocycles. The molecule has 1 fully saturated rings. The fourth-order valence-corrected chi connectivity index (χ4v) is 4.22. The highest BCUT2D eigenvalue weighted by atomic mass is 32.1. The summed E-state index contributed by atoms with van der Waals surface area (Å²) < 4.78 is 1.78. The van der Waals surface area contributed by atoms with E-state index in [1.165, 1.54) is 4.88 Å². The average Bonchev–Trinajstić information content (AvgIpc) is 3.20. The summed E-state index contributed by atoms with van der Waals surface area (Å²) in [5.41, 5.74) is 2.53. The molecule has 1 unspecified atom stereocenters. The minimum Gasteiger partial charge on any atom is -0.338 e.